The minimum Gasteiger partial charge on any atom is -0.455 e. The average molecular weight is 496 g/mol. The smallest absolute Gasteiger partial charge is 0.446 e. The molecule has 1 aliphatic heterocycles. The van der Waals surface area contributed by atoms with Gasteiger partial charge in [0.05, 0.1) is 5.69 Å². The highest BCUT2D eigenvalue weighted by Gasteiger charge is 2.51. The first-order valence-electron chi connectivity index (χ1n) is 10.3. The van der Waals surface area contributed by atoms with E-state index in [1.165, 1.54) is 41.4 Å². The Morgan fingerprint density at radius 1 is 1.09 bits per heavy atom. The van der Waals surface area contributed by atoms with Crippen LogP contribution in [-0.4, -0.2) is 44.4 Å². The lowest BCUT2D eigenvalue weighted by Crippen LogP contribution is -2.43. The molecule has 1 aromatic heterocycles. The Bertz CT molecular complexity index is 1110. The lowest BCUT2D eigenvalue weighted by Gasteiger charge is -2.27. The molecule has 3 rings (SSSR count). The molecule has 2 heterocycles. The Morgan fingerprint density at radius 3 is 2.26 bits per heavy atom. The highest BCUT2D eigenvalue weighted by Crippen LogP contribution is 2.39. The molecule has 3 amide bonds. The van der Waals surface area contributed by atoms with Gasteiger partial charge in [0, 0.05) is 17.6 Å². The van der Waals surface area contributed by atoms with Gasteiger partial charge in [0.15, 0.2) is 0 Å². The zero-order chi connectivity index (χ0) is 25.5. The van der Waals surface area contributed by atoms with Crippen LogP contribution in [0.3, 0.4) is 0 Å². The minimum absolute atomic E-state index is 0.00833. The molecule has 182 valence electrons. The molecule has 1 saturated heterocycles. The summed E-state index contributed by atoms with van der Waals surface area (Å²) in [6.45, 7) is 8.36. The van der Waals surface area contributed by atoms with Gasteiger partial charge in [-0.1, -0.05) is 0 Å². The van der Waals surface area contributed by atoms with E-state index >= 15 is 0 Å². The number of imide groups is 1. The number of hydrogen-bond acceptors (Lipinski definition) is 6. The third kappa shape index (κ3) is 5.69. The standard InChI is InChI=1S/C23H24F3N3O4S/c1-21(2,3)33-18(30)17-12-14(10-11-27-17)13-28-20(32)29(19(31)22(28,4)5)15-6-8-16(9-7-15)34-23(24,25)26/h6-12H,13H2,1-5H3. The van der Waals surface area contributed by atoms with E-state index in [4.69, 9.17) is 4.74 Å². The number of carbonyl (C=O) groups is 3. The molecule has 0 spiro atoms. The van der Waals surface area contributed by atoms with Crippen LogP contribution < -0.4 is 4.90 Å². The van der Waals surface area contributed by atoms with Crippen molar-refractivity contribution in [3.8, 4) is 0 Å². The van der Waals surface area contributed by atoms with Gasteiger partial charge in [-0.3, -0.25) is 4.79 Å². The topological polar surface area (TPSA) is 79.8 Å². The van der Waals surface area contributed by atoms with Crippen LogP contribution in [0.1, 0.15) is 50.7 Å². The summed E-state index contributed by atoms with van der Waals surface area (Å²) in [6, 6.07) is 7.51. The molecule has 34 heavy (non-hydrogen) atoms. The summed E-state index contributed by atoms with van der Waals surface area (Å²) >= 11 is -0.280. The van der Waals surface area contributed by atoms with Gasteiger partial charge in [-0.15, -0.1) is 0 Å². The van der Waals surface area contributed by atoms with Gasteiger partial charge in [-0.05, 0) is 88.3 Å². The van der Waals surface area contributed by atoms with Crippen molar-refractivity contribution in [2.45, 2.75) is 62.7 Å². The van der Waals surface area contributed by atoms with E-state index in [9.17, 15) is 27.6 Å². The Labute approximate surface area is 199 Å². The van der Waals surface area contributed by atoms with Gasteiger partial charge >= 0.3 is 17.5 Å². The van der Waals surface area contributed by atoms with E-state index in [-0.39, 0.29) is 34.6 Å². The Morgan fingerprint density at radius 2 is 1.71 bits per heavy atom. The first-order chi connectivity index (χ1) is 15.6. The van der Waals surface area contributed by atoms with Crippen molar-refractivity contribution < 1.29 is 32.3 Å². The fourth-order valence-electron chi connectivity index (χ4n) is 3.32. The third-order valence-electron chi connectivity index (χ3n) is 4.93. The molecule has 7 nitrogen and oxygen atoms in total. The van der Waals surface area contributed by atoms with Gasteiger partial charge < -0.3 is 9.64 Å². The number of benzene rings is 1. The van der Waals surface area contributed by atoms with E-state index in [0.29, 0.717) is 5.56 Å². The van der Waals surface area contributed by atoms with Gasteiger partial charge in [0.25, 0.3) is 5.91 Å². The molecule has 0 atom stereocenters. The lowest BCUT2D eigenvalue weighted by atomic mass is 10.0. The van der Waals surface area contributed by atoms with E-state index in [0.717, 1.165) is 4.90 Å². The number of rotatable bonds is 5. The van der Waals surface area contributed by atoms with Crippen LogP contribution in [0.15, 0.2) is 47.5 Å². The summed E-state index contributed by atoms with van der Waals surface area (Å²) in [5, 5.41) is 0. The van der Waals surface area contributed by atoms with Crippen molar-refractivity contribution >= 4 is 35.4 Å². The number of halogens is 3. The summed E-state index contributed by atoms with van der Waals surface area (Å²) in [5.41, 5.74) is -5.58. The van der Waals surface area contributed by atoms with Gasteiger partial charge in [-0.2, -0.15) is 13.2 Å². The quantitative estimate of drug-likeness (QED) is 0.314. The second-order valence-electron chi connectivity index (χ2n) is 9.16. The molecule has 0 radical (unpaired) electrons. The van der Waals surface area contributed by atoms with Crippen LogP contribution in [0.25, 0.3) is 0 Å². The number of thioether (sulfide) groups is 1. The van der Waals surface area contributed by atoms with E-state index in [1.807, 2.05) is 0 Å². The van der Waals surface area contributed by atoms with Crippen LogP contribution in [0.2, 0.25) is 0 Å². The van der Waals surface area contributed by atoms with Crippen molar-refractivity contribution in [2.24, 2.45) is 0 Å². The van der Waals surface area contributed by atoms with Crippen LogP contribution in [0.4, 0.5) is 23.7 Å². The van der Waals surface area contributed by atoms with Gasteiger partial charge in [0.1, 0.15) is 16.8 Å². The maximum atomic E-state index is 13.2. The van der Waals surface area contributed by atoms with E-state index < -0.39 is 34.6 Å². The predicted octanol–water partition coefficient (Wildman–Crippen LogP) is 5.40. The summed E-state index contributed by atoms with van der Waals surface area (Å²) in [6.07, 6.45) is 1.42. The molecule has 1 aliphatic rings. The average Bonchev–Trinajstić information content (AvgIpc) is 2.86. The Balaban J connectivity index is 1.83. The molecule has 1 fully saturated rings. The van der Waals surface area contributed by atoms with Crippen LogP contribution >= 0.6 is 11.8 Å². The van der Waals surface area contributed by atoms with E-state index in [1.54, 1.807) is 40.7 Å². The summed E-state index contributed by atoms with van der Waals surface area (Å²) in [4.78, 5) is 44.9. The first-order valence-corrected chi connectivity index (χ1v) is 11.1. The monoisotopic (exact) mass is 495 g/mol. The zero-order valence-corrected chi connectivity index (χ0v) is 20.1. The lowest BCUT2D eigenvalue weighted by molar-refractivity contribution is -0.123. The number of anilines is 1. The Kier molecular flexibility index (Phi) is 6.71. The van der Waals surface area contributed by atoms with Gasteiger partial charge in [0.2, 0.25) is 0 Å². The molecule has 2 aromatic rings. The minimum atomic E-state index is -4.44. The number of nitrogens with zero attached hydrogens (tertiary/aromatic N) is 3. The number of aromatic nitrogens is 1. The number of pyridine rings is 1. The molecule has 0 unspecified atom stereocenters. The number of urea groups is 1. The molecule has 0 saturated carbocycles. The number of hydrogen-bond donors (Lipinski definition) is 0. The van der Waals surface area contributed by atoms with Crippen LogP contribution in [0, 0.1) is 0 Å². The summed E-state index contributed by atoms with van der Waals surface area (Å²) < 4.78 is 43.1. The summed E-state index contributed by atoms with van der Waals surface area (Å²) in [7, 11) is 0. The van der Waals surface area contributed by atoms with Crippen molar-refractivity contribution in [2.75, 3.05) is 4.90 Å². The molecule has 0 aliphatic carbocycles. The number of amides is 3. The first kappa shape index (κ1) is 25.5. The zero-order valence-electron chi connectivity index (χ0n) is 19.3. The molecule has 0 bridgehead atoms. The SMILES string of the molecule is CC(C)(C)OC(=O)c1cc(CN2C(=O)N(c3ccc(SC(F)(F)F)cc3)C(=O)C2(C)C)ccn1. The number of carbonyl (C=O) groups excluding carboxylic acids is 3. The fourth-order valence-corrected chi connectivity index (χ4v) is 3.86. The highest BCUT2D eigenvalue weighted by atomic mass is 32.2. The molecular weight excluding hydrogens is 471 g/mol. The van der Waals surface area contributed by atoms with Crippen molar-refractivity contribution in [3.63, 3.8) is 0 Å². The van der Waals surface area contributed by atoms with Gasteiger partial charge in [-0.25, -0.2) is 19.5 Å². The molecular formula is C23H24F3N3O4S. The van der Waals surface area contributed by atoms with E-state index in [2.05, 4.69) is 4.98 Å². The molecule has 11 heteroatoms. The fraction of sp³-hybridized carbons (Fsp3) is 0.391. The Hall–Kier alpha value is -3.08. The largest absolute Gasteiger partial charge is 0.455 e. The number of ether oxygens (including phenoxy) is 1. The second kappa shape index (κ2) is 8.94. The maximum absolute atomic E-state index is 13.2. The van der Waals surface area contributed by atoms with Crippen molar-refractivity contribution in [1.29, 1.82) is 0 Å². The maximum Gasteiger partial charge on any atom is 0.446 e. The second-order valence-corrected chi connectivity index (χ2v) is 10.3. The number of esters is 1. The highest BCUT2D eigenvalue weighted by molar-refractivity contribution is 8.00. The van der Waals surface area contributed by atoms with Crippen LogP contribution in [-0.2, 0) is 16.1 Å². The summed E-state index contributed by atoms with van der Waals surface area (Å²) in [5.74, 6) is -1.13. The predicted molar refractivity (Wildman–Crippen MR) is 120 cm³/mol. The molecule has 0 N–H and O–H groups in total. The number of alkyl halides is 3. The third-order valence-corrected chi connectivity index (χ3v) is 5.66. The normalized spacial score (nSPS) is 16.2. The molecule has 1 aromatic carbocycles. The van der Waals surface area contributed by atoms with Crippen molar-refractivity contribution in [3.05, 3.63) is 53.9 Å². The van der Waals surface area contributed by atoms with Crippen molar-refractivity contribution in [1.82, 2.24) is 9.88 Å². The van der Waals surface area contributed by atoms with Crippen LogP contribution in [0.5, 0.6) is 0 Å².